The van der Waals surface area contributed by atoms with Crippen LogP contribution in [0.1, 0.15) is 63.2 Å². The second-order valence-electron chi connectivity index (χ2n) is 9.75. The molecule has 1 atom stereocenters. The normalized spacial score (nSPS) is 13.0. The SMILES string of the molecule is Cc1nc(N[C@H](C)c2cc(N)cc(C(F)(F)C(C)(C)O)c2)c2cc(OCCOC(C)C)c(C#N)cc2n1. The van der Waals surface area contributed by atoms with Gasteiger partial charge in [0.1, 0.15) is 35.7 Å². The third kappa shape index (κ3) is 6.42. The Labute approximate surface area is 215 Å². The molecule has 0 unspecified atom stereocenters. The number of ether oxygens (including phenoxy) is 2. The molecule has 0 radical (unpaired) electrons. The molecule has 10 heteroatoms. The number of hydrogen-bond donors (Lipinski definition) is 3. The van der Waals surface area contributed by atoms with Crippen LogP contribution in [0, 0.1) is 18.3 Å². The summed E-state index contributed by atoms with van der Waals surface area (Å²) >= 11 is 0. The van der Waals surface area contributed by atoms with E-state index in [9.17, 15) is 19.1 Å². The van der Waals surface area contributed by atoms with Crippen molar-refractivity contribution in [3.63, 3.8) is 0 Å². The predicted molar refractivity (Wildman–Crippen MR) is 139 cm³/mol. The molecule has 0 aliphatic carbocycles. The van der Waals surface area contributed by atoms with Crippen molar-refractivity contribution in [2.75, 3.05) is 24.3 Å². The Morgan fingerprint density at radius 2 is 1.81 bits per heavy atom. The van der Waals surface area contributed by atoms with Crippen molar-refractivity contribution in [1.82, 2.24) is 9.97 Å². The number of halogens is 2. The first kappa shape index (κ1) is 28.0. The Kier molecular flexibility index (Phi) is 8.20. The number of alkyl halides is 2. The number of benzene rings is 2. The molecule has 0 saturated heterocycles. The van der Waals surface area contributed by atoms with E-state index in [1.165, 1.54) is 6.07 Å². The first-order valence-electron chi connectivity index (χ1n) is 12.0. The fourth-order valence-electron chi connectivity index (χ4n) is 3.77. The lowest BCUT2D eigenvalue weighted by atomic mass is 9.91. The second kappa shape index (κ2) is 10.8. The Balaban J connectivity index is 1.98. The lowest BCUT2D eigenvalue weighted by Crippen LogP contribution is -2.40. The molecule has 4 N–H and O–H groups in total. The summed E-state index contributed by atoms with van der Waals surface area (Å²) in [6, 6.07) is 9.02. The van der Waals surface area contributed by atoms with Crippen molar-refractivity contribution in [1.29, 1.82) is 5.26 Å². The zero-order valence-electron chi connectivity index (χ0n) is 21.9. The van der Waals surface area contributed by atoms with Gasteiger partial charge in [0.15, 0.2) is 0 Å². The minimum atomic E-state index is -3.52. The average molecular weight is 514 g/mol. The quantitative estimate of drug-likeness (QED) is 0.248. The maximum atomic E-state index is 14.9. The first-order valence-corrected chi connectivity index (χ1v) is 12.0. The third-order valence-corrected chi connectivity index (χ3v) is 5.78. The van der Waals surface area contributed by atoms with Gasteiger partial charge in [0, 0.05) is 16.6 Å². The van der Waals surface area contributed by atoms with Crippen LogP contribution in [-0.2, 0) is 10.7 Å². The van der Waals surface area contributed by atoms with Gasteiger partial charge >= 0.3 is 5.92 Å². The molecule has 0 fully saturated rings. The molecule has 37 heavy (non-hydrogen) atoms. The summed E-state index contributed by atoms with van der Waals surface area (Å²) < 4.78 is 41.0. The molecule has 0 aliphatic heterocycles. The van der Waals surface area contributed by atoms with Crippen molar-refractivity contribution in [3.05, 3.63) is 52.8 Å². The van der Waals surface area contributed by atoms with E-state index in [0.29, 0.717) is 46.0 Å². The molecule has 2 aromatic carbocycles. The van der Waals surface area contributed by atoms with E-state index in [0.717, 1.165) is 19.9 Å². The number of aryl methyl sites for hydroxylation is 1. The number of aliphatic hydroxyl groups is 1. The number of rotatable bonds is 10. The van der Waals surface area contributed by atoms with E-state index in [1.807, 2.05) is 13.8 Å². The maximum Gasteiger partial charge on any atom is 0.300 e. The largest absolute Gasteiger partial charge is 0.490 e. The minimum Gasteiger partial charge on any atom is -0.490 e. The fraction of sp³-hybridized carbons (Fsp3) is 0.444. The van der Waals surface area contributed by atoms with Crippen molar-refractivity contribution >= 4 is 22.4 Å². The van der Waals surface area contributed by atoms with Crippen LogP contribution in [0.5, 0.6) is 5.75 Å². The molecule has 198 valence electrons. The smallest absolute Gasteiger partial charge is 0.300 e. The summed E-state index contributed by atoms with van der Waals surface area (Å²) in [5.74, 6) is -2.25. The number of nitrogens with two attached hydrogens (primary N) is 1. The van der Waals surface area contributed by atoms with Gasteiger partial charge in [0.05, 0.1) is 29.8 Å². The monoisotopic (exact) mass is 513 g/mol. The van der Waals surface area contributed by atoms with Gasteiger partial charge in [-0.15, -0.1) is 0 Å². The highest BCUT2D eigenvalue weighted by Crippen LogP contribution is 2.40. The van der Waals surface area contributed by atoms with Crippen LogP contribution in [0.25, 0.3) is 10.9 Å². The zero-order chi connectivity index (χ0) is 27.5. The summed E-state index contributed by atoms with van der Waals surface area (Å²) in [5, 5.41) is 23.5. The minimum absolute atomic E-state index is 0.0558. The van der Waals surface area contributed by atoms with Gasteiger partial charge in [-0.3, -0.25) is 0 Å². The van der Waals surface area contributed by atoms with Gasteiger partial charge in [0.25, 0.3) is 0 Å². The number of nitrogens with zero attached hydrogens (tertiary/aromatic N) is 3. The molecule has 1 heterocycles. The third-order valence-electron chi connectivity index (χ3n) is 5.78. The summed E-state index contributed by atoms with van der Waals surface area (Å²) in [4.78, 5) is 8.96. The standard InChI is InChI=1S/C27H33F2N5O3/c1-15(2)36-7-8-37-24-13-22-23(11-19(24)14-30)33-17(4)34-25(22)32-16(3)18-9-20(12-21(31)10-18)27(28,29)26(5,6)35/h9-13,15-16,35H,7-8,31H2,1-6H3,(H,32,33,34)/t16-/m1/s1. The summed E-state index contributed by atoms with van der Waals surface area (Å²) in [6.45, 7) is 10.1. The van der Waals surface area contributed by atoms with Crippen molar-refractivity contribution in [2.24, 2.45) is 0 Å². The highest BCUT2D eigenvalue weighted by Gasteiger charge is 2.47. The Hall–Kier alpha value is -3.55. The number of fused-ring (bicyclic) bond motifs is 1. The van der Waals surface area contributed by atoms with Gasteiger partial charge in [-0.1, -0.05) is 0 Å². The highest BCUT2D eigenvalue weighted by atomic mass is 19.3. The van der Waals surface area contributed by atoms with Crippen molar-refractivity contribution < 1.29 is 23.4 Å². The number of hydrogen-bond acceptors (Lipinski definition) is 8. The summed E-state index contributed by atoms with van der Waals surface area (Å²) in [7, 11) is 0. The van der Waals surface area contributed by atoms with Crippen molar-refractivity contribution in [2.45, 2.75) is 65.2 Å². The maximum absolute atomic E-state index is 14.9. The Bertz CT molecular complexity index is 1320. The lowest BCUT2D eigenvalue weighted by molar-refractivity contribution is -0.168. The predicted octanol–water partition coefficient (Wildman–Crippen LogP) is 5.23. The number of anilines is 2. The van der Waals surface area contributed by atoms with E-state index in [2.05, 4.69) is 21.4 Å². The van der Waals surface area contributed by atoms with E-state index in [4.69, 9.17) is 15.2 Å². The topological polar surface area (TPSA) is 126 Å². The van der Waals surface area contributed by atoms with Crippen LogP contribution in [0.3, 0.4) is 0 Å². The summed E-state index contributed by atoms with van der Waals surface area (Å²) in [5.41, 5.74) is 4.78. The van der Waals surface area contributed by atoms with E-state index in [1.54, 1.807) is 32.0 Å². The van der Waals surface area contributed by atoms with Crippen LogP contribution in [0.4, 0.5) is 20.3 Å². The van der Waals surface area contributed by atoms with Gasteiger partial charge in [-0.2, -0.15) is 14.0 Å². The van der Waals surface area contributed by atoms with Crippen molar-refractivity contribution in [3.8, 4) is 11.8 Å². The highest BCUT2D eigenvalue weighted by molar-refractivity contribution is 5.91. The average Bonchev–Trinajstić information content (AvgIpc) is 2.80. The molecule has 0 bridgehead atoms. The van der Waals surface area contributed by atoms with E-state index in [-0.39, 0.29) is 24.0 Å². The van der Waals surface area contributed by atoms with Gasteiger partial charge < -0.3 is 25.6 Å². The molecular formula is C27H33F2N5O3. The molecule has 3 aromatic rings. The number of aromatic nitrogens is 2. The molecule has 3 rings (SSSR count). The molecule has 0 saturated carbocycles. The van der Waals surface area contributed by atoms with Crippen LogP contribution in [0.15, 0.2) is 30.3 Å². The molecule has 0 spiro atoms. The summed E-state index contributed by atoms with van der Waals surface area (Å²) in [6.07, 6.45) is 0.0558. The van der Waals surface area contributed by atoms with Gasteiger partial charge in [-0.05, 0) is 77.4 Å². The van der Waals surface area contributed by atoms with Crippen LogP contribution in [-0.4, -0.2) is 40.0 Å². The Morgan fingerprint density at radius 1 is 1.11 bits per heavy atom. The van der Waals surface area contributed by atoms with Gasteiger partial charge in [0.2, 0.25) is 0 Å². The molecule has 1 aromatic heterocycles. The molecule has 0 aliphatic rings. The van der Waals surface area contributed by atoms with Crippen LogP contribution < -0.4 is 15.8 Å². The number of nitrogens with one attached hydrogen (secondary N) is 1. The first-order chi connectivity index (χ1) is 17.2. The van der Waals surface area contributed by atoms with Crippen LogP contribution >= 0.6 is 0 Å². The zero-order valence-corrected chi connectivity index (χ0v) is 21.9. The van der Waals surface area contributed by atoms with Gasteiger partial charge in [-0.25, -0.2) is 9.97 Å². The molecule has 8 nitrogen and oxygen atoms in total. The van der Waals surface area contributed by atoms with Crippen LogP contribution in [0.2, 0.25) is 0 Å². The number of nitrogen functional groups attached to an aromatic ring is 1. The molecular weight excluding hydrogens is 480 g/mol. The number of nitriles is 1. The van der Waals surface area contributed by atoms with E-state index >= 15 is 0 Å². The fourth-order valence-corrected chi connectivity index (χ4v) is 3.77. The molecule has 0 amide bonds. The second-order valence-corrected chi connectivity index (χ2v) is 9.75. The van der Waals surface area contributed by atoms with E-state index < -0.39 is 17.6 Å². The lowest BCUT2D eigenvalue weighted by Gasteiger charge is -2.30. The Morgan fingerprint density at radius 3 is 2.43 bits per heavy atom.